The van der Waals surface area contributed by atoms with E-state index in [0.717, 1.165) is 22.3 Å². The molecule has 0 aliphatic heterocycles. The highest BCUT2D eigenvalue weighted by molar-refractivity contribution is 6.01. The monoisotopic (exact) mass is 438 g/mol. The molecule has 0 aliphatic carbocycles. The first-order chi connectivity index (χ1) is 15.7. The van der Waals surface area contributed by atoms with E-state index >= 15 is 0 Å². The van der Waals surface area contributed by atoms with Crippen LogP contribution in [-0.4, -0.2) is 37.2 Å². The molecule has 0 spiro atoms. The average molecular weight is 439 g/mol. The van der Waals surface area contributed by atoms with Gasteiger partial charge in [-0.2, -0.15) is 0 Å². The van der Waals surface area contributed by atoms with Gasteiger partial charge >= 0.3 is 0 Å². The molecule has 2 aromatic heterocycles. The molecule has 174 valence electrons. The number of aromatic nitrogens is 2. The van der Waals surface area contributed by atoms with Crippen molar-refractivity contribution in [2.24, 2.45) is 0 Å². The first kappa shape index (κ1) is 25.5. The lowest BCUT2D eigenvalue weighted by Crippen LogP contribution is -2.09. The van der Waals surface area contributed by atoms with E-state index in [1.54, 1.807) is 14.2 Å². The summed E-state index contributed by atoms with van der Waals surface area (Å²) in [5.74, 6) is 0.914. The molecule has 4 aromatic rings. The van der Waals surface area contributed by atoms with Crippen LogP contribution in [-0.2, 0) is 16.0 Å². The predicted molar refractivity (Wildman–Crippen MR) is 136 cm³/mol. The molecule has 0 atom stereocenters. The highest BCUT2D eigenvalue weighted by atomic mass is 16.7. The zero-order chi connectivity index (χ0) is 23.7. The van der Waals surface area contributed by atoms with Crippen LogP contribution in [0.25, 0.3) is 33.1 Å². The fourth-order valence-corrected chi connectivity index (χ4v) is 4.09. The lowest BCUT2D eigenvalue weighted by molar-refractivity contribution is -0.0326. The summed E-state index contributed by atoms with van der Waals surface area (Å²) >= 11 is 0. The van der Waals surface area contributed by atoms with Crippen molar-refractivity contribution in [1.29, 1.82) is 0 Å². The zero-order valence-corrected chi connectivity index (χ0v) is 20.8. The van der Waals surface area contributed by atoms with Crippen molar-refractivity contribution in [2.45, 2.75) is 48.1 Å². The van der Waals surface area contributed by atoms with Crippen LogP contribution < -0.4 is 4.74 Å². The number of nitrogens with zero attached hydrogens (tertiary/aromatic N) is 1. The van der Waals surface area contributed by atoms with E-state index in [-0.39, 0.29) is 6.79 Å². The lowest BCUT2D eigenvalue weighted by Gasteiger charge is -2.15. The average Bonchev–Trinajstić information content (AvgIpc) is 3.42. The Balaban J connectivity index is 0.000000860. The van der Waals surface area contributed by atoms with Gasteiger partial charge in [-0.1, -0.05) is 58.0 Å². The summed E-state index contributed by atoms with van der Waals surface area (Å²) < 4.78 is 18.8. The number of hydrogen-bond donors (Lipinski definition) is 1. The Hall–Kier alpha value is -2.76. The van der Waals surface area contributed by atoms with Crippen molar-refractivity contribution in [3.63, 3.8) is 0 Å². The van der Waals surface area contributed by atoms with Crippen LogP contribution in [0.15, 0.2) is 42.6 Å². The van der Waals surface area contributed by atoms with Gasteiger partial charge in [0.05, 0.1) is 30.4 Å². The number of aryl methyl sites for hydroxylation is 2. The Morgan fingerprint density at radius 1 is 0.938 bits per heavy atom. The summed E-state index contributed by atoms with van der Waals surface area (Å²) in [6, 6.07) is 12.8. The van der Waals surface area contributed by atoms with E-state index in [4.69, 9.17) is 14.2 Å². The largest absolute Gasteiger partial charge is 0.494 e. The minimum atomic E-state index is 0.288. The van der Waals surface area contributed by atoms with Gasteiger partial charge in [0.15, 0.2) is 0 Å². The van der Waals surface area contributed by atoms with Gasteiger partial charge in [-0.3, -0.25) is 0 Å². The van der Waals surface area contributed by atoms with E-state index in [0.29, 0.717) is 13.2 Å². The topological polar surface area (TPSA) is 48.4 Å². The summed E-state index contributed by atoms with van der Waals surface area (Å²) in [4.78, 5) is 3.41. The van der Waals surface area contributed by atoms with E-state index in [9.17, 15) is 0 Å². The van der Waals surface area contributed by atoms with Gasteiger partial charge in [-0.15, -0.1) is 0 Å². The van der Waals surface area contributed by atoms with Crippen LogP contribution in [0.2, 0.25) is 0 Å². The Morgan fingerprint density at radius 2 is 1.69 bits per heavy atom. The Labute approximate surface area is 192 Å². The van der Waals surface area contributed by atoms with Gasteiger partial charge < -0.3 is 23.8 Å². The fraction of sp³-hybridized carbons (Fsp3) is 0.407. The number of ether oxygens (including phenoxy) is 3. The number of hydrogen-bond acceptors (Lipinski definition) is 3. The SMILES string of the molecule is CC.CC.COCOCCn1c(-c2cccc3cc[nH]c23)c(C)c2ccc(C)c(OC)c21. The molecule has 0 radical (unpaired) electrons. The van der Waals surface area contributed by atoms with E-state index in [1.807, 2.05) is 33.9 Å². The Bertz CT molecular complexity index is 1130. The van der Waals surface area contributed by atoms with Crippen molar-refractivity contribution in [3.8, 4) is 17.0 Å². The molecule has 2 aromatic carbocycles. The molecule has 0 saturated carbocycles. The van der Waals surface area contributed by atoms with Crippen molar-refractivity contribution in [2.75, 3.05) is 27.6 Å². The summed E-state index contributed by atoms with van der Waals surface area (Å²) in [6.07, 6.45) is 1.99. The second-order valence-corrected chi connectivity index (χ2v) is 7.00. The smallest absolute Gasteiger partial charge is 0.146 e. The van der Waals surface area contributed by atoms with E-state index in [2.05, 4.69) is 59.8 Å². The molecular weight excluding hydrogens is 400 g/mol. The Kier molecular flexibility index (Phi) is 9.82. The third-order valence-electron chi connectivity index (χ3n) is 5.33. The van der Waals surface area contributed by atoms with E-state index in [1.165, 1.54) is 27.6 Å². The molecule has 5 nitrogen and oxygen atoms in total. The normalized spacial score (nSPS) is 10.5. The standard InChI is InChI=1S/C23H26N2O3.2C2H6/c1-15-8-9-18-16(2)21(19-7-5-6-17-10-11-24-20(17)19)25(12-13-28-14-26-3)22(18)23(15)27-4;2*1-2/h5-11,24H,12-14H2,1-4H3;2*1-2H3. The number of fused-ring (bicyclic) bond motifs is 2. The number of rotatable bonds is 7. The fourth-order valence-electron chi connectivity index (χ4n) is 4.09. The summed E-state index contributed by atoms with van der Waals surface area (Å²) in [5, 5.41) is 2.40. The quantitative estimate of drug-likeness (QED) is 0.247. The van der Waals surface area contributed by atoms with Crippen molar-refractivity contribution in [3.05, 3.63) is 53.7 Å². The molecule has 32 heavy (non-hydrogen) atoms. The summed E-state index contributed by atoms with van der Waals surface area (Å²) in [7, 11) is 3.38. The second-order valence-electron chi connectivity index (χ2n) is 7.00. The Morgan fingerprint density at radius 3 is 2.38 bits per heavy atom. The molecule has 1 N–H and O–H groups in total. The molecule has 0 saturated heterocycles. The minimum absolute atomic E-state index is 0.288. The van der Waals surface area contributed by atoms with Crippen molar-refractivity contribution >= 4 is 21.8 Å². The van der Waals surface area contributed by atoms with Crippen molar-refractivity contribution < 1.29 is 14.2 Å². The van der Waals surface area contributed by atoms with Crippen LogP contribution in [0.1, 0.15) is 38.8 Å². The third-order valence-corrected chi connectivity index (χ3v) is 5.33. The van der Waals surface area contributed by atoms with Crippen LogP contribution in [0.5, 0.6) is 5.75 Å². The maximum atomic E-state index is 5.81. The molecule has 0 bridgehead atoms. The number of para-hydroxylation sites is 1. The molecule has 0 fully saturated rings. The molecular formula is C27H38N2O3. The summed E-state index contributed by atoms with van der Waals surface area (Å²) in [6.45, 7) is 13.8. The lowest BCUT2D eigenvalue weighted by atomic mass is 10.0. The van der Waals surface area contributed by atoms with Gasteiger partial charge in [-0.05, 0) is 31.0 Å². The molecule has 0 unspecified atom stereocenters. The minimum Gasteiger partial charge on any atom is -0.494 e. The van der Waals surface area contributed by atoms with Gasteiger partial charge in [0.1, 0.15) is 12.5 Å². The maximum absolute atomic E-state index is 5.81. The number of H-pyrrole nitrogens is 1. The molecule has 4 rings (SSSR count). The molecule has 5 heteroatoms. The molecule has 0 aliphatic rings. The second kappa shape index (κ2) is 12.3. The highest BCUT2D eigenvalue weighted by Gasteiger charge is 2.21. The van der Waals surface area contributed by atoms with Crippen LogP contribution in [0.3, 0.4) is 0 Å². The zero-order valence-electron chi connectivity index (χ0n) is 20.8. The van der Waals surface area contributed by atoms with Gasteiger partial charge in [0.25, 0.3) is 0 Å². The van der Waals surface area contributed by atoms with E-state index < -0.39 is 0 Å². The number of aromatic amines is 1. The number of nitrogens with one attached hydrogen (secondary N) is 1. The number of methoxy groups -OCH3 is 2. The van der Waals surface area contributed by atoms with Gasteiger partial charge in [0, 0.05) is 36.2 Å². The van der Waals surface area contributed by atoms with Crippen LogP contribution in [0, 0.1) is 13.8 Å². The predicted octanol–water partition coefficient (Wildman–Crippen LogP) is 7.09. The summed E-state index contributed by atoms with van der Waals surface area (Å²) in [5.41, 5.74) is 6.98. The van der Waals surface area contributed by atoms with Gasteiger partial charge in [-0.25, -0.2) is 0 Å². The van der Waals surface area contributed by atoms with Crippen LogP contribution in [0.4, 0.5) is 0 Å². The first-order valence-corrected chi connectivity index (χ1v) is 11.5. The van der Waals surface area contributed by atoms with Crippen LogP contribution >= 0.6 is 0 Å². The number of benzene rings is 2. The van der Waals surface area contributed by atoms with Crippen molar-refractivity contribution in [1.82, 2.24) is 9.55 Å². The third kappa shape index (κ3) is 4.84. The van der Waals surface area contributed by atoms with Gasteiger partial charge in [0.2, 0.25) is 0 Å². The highest BCUT2D eigenvalue weighted by Crippen LogP contribution is 2.41. The molecule has 0 amide bonds. The molecule has 2 heterocycles. The first-order valence-electron chi connectivity index (χ1n) is 11.5. The maximum Gasteiger partial charge on any atom is 0.146 e.